The molecule has 0 aliphatic carbocycles. The molecule has 0 N–H and O–H groups in total. The fourth-order valence-corrected chi connectivity index (χ4v) is 2.58. The number of hydrogen-bond donors (Lipinski definition) is 0. The summed E-state index contributed by atoms with van der Waals surface area (Å²) in [6.45, 7) is 0.0906. The van der Waals surface area contributed by atoms with Crippen molar-refractivity contribution < 1.29 is 14.1 Å². The molecule has 0 aliphatic rings. The molecule has 0 atom stereocenters. The standard InChI is InChI=1S/C22H15FN2O3/c23-22-7-2-1-5-18(22)15-28-21-6-3-4-16(13-21)12-19(14-24)17-8-10-20(11-9-17)25(26)27/h1-13H,15H2/b19-12-. The second-order valence-corrected chi connectivity index (χ2v) is 5.93. The zero-order valence-corrected chi connectivity index (χ0v) is 14.7. The maximum atomic E-state index is 13.7. The number of benzene rings is 3. The summed E-state index contributed by atoms with van der Waals surface area (Å²) in [7, 11) is 0. The summed E-state index contributed by atoms with van der Waals surface area (Å²) in [6, 6.07) is 21.3. The molecule has 3 aromatic rings. The Labute approximate surface area is 161 Å². The van der Waals surface area contributed by atoms with Gasteiger partial charge in [0.1, 0.15) is 18.2 Å². The minimum absolute atomic E-state index is 0.0374. The highest BCUT2D eigenvalue weighted by Crippen LogP contribution is 2.23. The van der Waals surface area contributed by atoms with Crippen molar-refractivity contribution in [1.29, 1.82) is 5.26 Å². The van der Waals surface area contributed by atoms with Gasteiger partial charge in [-0.3, -0.25) is 10.1 Å². The van der Waals surface area contributed by atoms with Crippen molar-refractivity contribution in [3.63, 3.8) is 0 Å². The van der Waals surface area contributed by atoms with Gasteiger partial charge in [-0.1, -0.05) is 30.3 Å². The monoisotopic (exact) mass is 374 g/mol. The molecule has 6 heteroatoms. The predicted octanol–water partition coefficient (Wildman–Crippen LogP) is 5.38. The van der Waals surface area contributed by atoms with Gasteiger partial charge in [-0.05, 0) is 47.5 Å². The van der Waals surface area contributed by atoms with Crippen LogP contribution < -0.4 is 4.74 Å². The summed E-state index contributed by atoms with van der Waals surface area (Å²) in [5.74, 6) is 0.210. The van der Waals surface area contributed by atoms with E-state index in [-0.39, 0.29) is 18.1 Å². The van der Waals surface area contributed by atoms with Gasteiger partial charge in [0.25, 0.3) is 5.69 Å². The number of hydrogen-bond acceptors (Lipinski definition) is 4. The normalized spacial score (nSPS) is 10.9. The van der Waals surface area contributed by atoms with Crippen LogP contribution in [0.4, 0.5) is 10.1 Å². The second-order valence-electron chi connectivity index (χ2n) is 5.93. The van der Waals surface area contributed by atoms with Crippen molar-refractivity contribution in [1.82, 2.24) is 0 Å². The first-order valence-corrected chi connectivity index (χ1v) is 8.40. The molecule has 0 fully saturated rings. The van der Waals surface area contributed by atoms with E-state index >= 15 is 0 Å². The third kappa shape index (κ3) is 4.59. The van der Waals surface area contributed by atoms with E-state index in [9.17, 15) is 19.8 Å². The first kappa shape index (κ1) is 18.8. The maximum Gasteiger partial charge on any atom is 0.269 e. The largest absolute Gasteiger partial charge is 0.489 e. The molecule has 0 aliphatic heterocycles. The molecule has 0 unspecified atom stereocenters. The Balaban J connectivity index is 1.79. The molecule has 5 nitrogen and oxygen atoms in total. The van der Waals surface area contributed by atoms with E-state index in [4.69, 9.17) is 4.74 Å². The van der Waals surface area contributed by atoms with Crippen LogP contribution in [-0.4, -0.2) is 4.92 Å². The van der Waals surface area contributed by atoms with Gasteiger partial charge in [0.2, 0.25) is 0 Å². The summed E-state index contributed by atoms with van der Waals surface area (Å²) in [4.78, 5) is 10.3. The number of rotatable bonds is 6. The van der Waals surface area contributed by atoms with Crippen molar-refractivity contribution >= 4 is 17.3 Å². The van der Waals surface area contributed by atoms with Gasteiger partial charge in [0.15, 0.2) is 0 Å². The number of nitro benzene ring substituents is 1. The number of halogens is 1. The molecule has 0 saturated heterocycles. The predicted molar refractivity (Wildman–Crippen MR) is 104 cm³/mol. The second kappa shape index (κ2) is 8.60. The summed E-state index contributed by atoms with van der Waals surface area (Å²) in [5.41, 5.74) is 2.07. The first-order chi connectivity index (χ1) is 13.6. The van der Waals surface area contributed by atoms with E-state index in [1.54, 1.807) is 48.5 Å². The van der Waals surface area contributed by atoms with Crippen LogP contribution in [0.25, 0.3) is 11.6 Å². The lowest BCUT2D eigenvalue weighted by atomic mass is 10.0. The van der Waals surface area contributed by atoms with Crippen LogP contribution in [0, 0.1) is 27.3 Å². The SMILES string of the molecule is N#C/C(=C/c1cccc(OCc2ccccc2F)c1)c1ccc([N+](=O)[O-])cc1. The van der Waals surface area contributed by atoms with Crippen molar-refractivity contribution in [2.24, 2.45) is 0 Å². The van der Waals surface area contributed by atoms with Gasteiger partial charge in [-0.15, -0.1) is 0 Å². The first-order valence-electron chi connectivity index (χ1n) is 8.40. The molecule has 3 rings (SSSR count). The average molecular weight is 374 g/mol. The van der Waals surface area contributed by atoms with Gasteiger partial charge in [-0.25, -0.2) is 4.39 Å². The molecule has 0 heterocycles. The Bertz CT molecular complexity index is 1070. The minimum atomic E-state index is -0.490. The maximum absolute atomic E-state index is 13.7. The molecule has 28 heavy (non-hydrogen) atoms. The lowest BCUT2D eigenvalue weighted by Crippen LogP contribution is -1.98. The summed E-state index contributed by atoms with van der Waals surface area (Å²) in [6.07, 6.45) is 1.66. The van der Waals surface area contributed by atoms with Crippen LogP contribution in [-0.2, 0) is 6.61 Å². The smallest absolute Gasteiger partial charge is 0.269 e. The van der Waals surface area contributed by atoms with E-state index < -0.39 is 4.92 Å². The molecular weight excluding hydrogens is 359 g/mol. The van der Waals surface area contributed by atoms with Crippen molar-refractivity contribution in [2.75, 3.05) is 0 Å². The Morgan fingerprint density at radius 3 is 2.54 bits per heavy atom. The zero-order chi connectivity index (χ0) is 19.9. The lowest BCUT2D eigenvalue weighted by Gasteiger charge is -2.08. The zero-order valence-electron chi connectivity index (χ0n) is 14.7. The quantitative estimate of drug-likeness (QED) is 0.251. The van der Waals surface area contributed by atoms with Crippen molar-refractivity contribution in [3.8, 4) is 11.8 Å². The number of allylic oxidation sites excluding steroid dienone is 1. The fourth-order valence-electron chi connectivity index (χ4n) is 2.58. The van der Waals surface area contributed by atoms with E-state index in [1.807, 2.05) is 0 Å². The van der Waals surface area contributed by atoms with Crippen LogP contribution in [0.1, 0.15) is 16.7 Å². The molecule has 0 spiro atoms. The summed E-state index contributed by atoms with van der Waals surface area (Å²) < 4.78 is 19.3. The number of non-ortho nitro benzene ring substituents is 1. The van der Waals surface area contributed by atoms with E-state index in [1.165, 1.54) is 30.3 Å². The molecule has 0 aromatic heterocycles. The number of ether oxygens (including phenoxy) is 1. The number of nitriles is 1. The van der Waals surface area contributed by atoms with Gasteiger partial charge in [0.05, 0.1) is 16.6 Å². The molecule has 0 amide bonds. The third-order valence-electron chi connectivity index (χ3n) is 4.03. The lowest BCUT2D eigenvalue weighted by molar-refractivity contribution is -0.384. The van der Waals surface area contributed by atoms with Gasteiger partial charge in [0, 0.05) is 17.7 Å². The van der Waals surface area contributed by atoms with Crippen LogP contribution in [0.5, 0.6) is 5.75 Å². The average Bonchev–Trinajstić information content (AvgIpc) is 2.72. The highest BCUT2D eigenvalue weighted by atomic mass is 19.1. The van der Waals surface area contributed by atoms with Crippen LogP contribution >= 0.6 is 0 Å². The Morgan fingerprint density at radius 2 is 1.86 bits per heavy atom. The molecule has 0 bridgehead atoms. The molecular formula is C22H15FN2O3. The molecule has 0 radical (unpaired) electrons. The molecule has 3 aromatic carbocycles. The fraction of sp³-hybridized carbons (Fsp3) is 0.0455. The Hall–Kier alpha value is -3.98. The van der Waals surface area contributed by atoms with Crippen LogP contribution in [0.3, 0.4) is 0 Å². The molecule has 0 saturated carbocycles. The van der Waals surface area contributed by atoms with Gasteiger partial charge >= 0.3 is 0 Å². The van der Waals surface area contributed by atoms with E-state index in [0.717, 1.165) is 5.56 Å². The van der Waals surface area contributed by atoms with E-state index in [0.29, 0.717) is 22.4 Å². The van der Waals surface area contributed by atoms with Crippen LogP contribution in [0.15, 0.2) is 72.8 Å². The van der Waals surface area contributed by atoms with Crippen LogP contribution in [0.2, 0.25) is 0 Å². The highest BCUT2D eigenvalue weighted by molar-refractivity contribution is 5.89. The topological polar surface area (TPSA) is 76.2 Å². The van der Waals surface area contributed by atoms with Crippen molar-refractivity contribution in [3.05, 3.63) is 105 Å². The highest BCUT2D eigenvalue weighted by Gasteiger charge is 2.07. The number of nitro groups is 1. The minimum Gasteiger partial charge on any atom is -0.489 e. The van der Waals surface area contributed by atoms with Gasteiger partial charge < -0.3 is 4.74 Å². The Kier molecular flexibility index (Phi) is 5.78. The summed E-state index contributed by atoms with van der Waals surface area (Å²) in [5, 5.41) is 20.2. The summed E-state index contributed by atoms with van der Waals surface area (Å²) >= 11 is 0. The molecule has 138 valence electrons. The number of nitrogens with zero attached hydrogens (tertiary/aromatic N) is 2. The Morgan fingerprint density at radius 1 is 1.11 bits per heavy atom. The third-order valence-corrected chi connectivity index (χ3v) is 4.03. The van der Waals surface area contributed by atoms with Gasteiger partial charge in [-0.2, -0.15) is 5.26 Å². The van der Waals surface area contributed by atoms with Crippen molar-refractivity contribution in [2.45, 2.75) is 6.61 Å². The van der Waals surface area contributed by atoms with E-state index in [2.05, 4.69) is 6.07 Å².